The molecule has 7 nitrogen and oxygen atoms in total. The van der Waals surface area contributed by atoms with Crippen molar-refractivity contribution in [1.29, 1.82) is 0 Å². The Labute approximate surface area is 228 Å². The van der Waals surface area contributed by atoms with Crippen LogP contribution in [0.4, 0.5) is 14.9 Å². The minimum absolute atomic E-state index is 0.113. The average Bonchev–Trinajstić information content (AvgIpc) is 3.37. The molecule has 0 spiro atoms. The van der Waals surface area contributed by atoms with Crippen molar-refractivity contribution in [3.05, 3.63) is 102 Å². The Balaban J connectivity index is 1.51. The Morgan fingerprint density at radius 3 is 2.44 bits per heavy atom. The summed E-state index contributed by atoms with van der Waals surface area (Å²) < 4.78 is 18.7. The van der Waals surface area contributed by atoms with Crippen LogP contribution in [-0.4, -0.2) is 60.1 Å². The number of anilines is 1. The summed E-state index contributed by atoms with van der Waals surface area (Å²) in [4.78, 5) is 33.4. The Bertz CT molecular complexity index is 1390. The predicted molar refractivity (Wildman–Crippen MR) is 152 cm³/mol. The van der Waals surface area contributed by atoms with Gasteiger partial charge in [0.2, 0.25) is 5.91 Å². The third kappa shape index (κ3) is 7.45. The van der Waals surface area contributed by atoms with E-state index in [1.54, 1.807) is 24.1 Å². The van der Waals surface area contributed by atoms with E-state index in [1.165, 1.54) is 17.0 Å². The Hall–Kier alpha value is -4.17. The number of nitrogens with zero attached hydrogens (tertiary/aromatic N) is 2. The summed E-state index contributed by atoms with van der Waals surface area (Å²) in [5.74, 6) is -0.528. The van der Waals surface area contributed by atoms with Gasteiger partial charge in [-0.15, -0.1) is 0 Å². The Morgan fingerprint density at radius 1 is 0.923 bits per heavy atom. The van der Waals surface area contributed by atoms with Crippen molar-refractivity contribution in [1.82, 2.24) is 14.8 Å². The number of carbonyl (C=O) groups is 2. The van der Waals surface area contributed by atoms with Crippen LogP contribution < -0.4 is 5.32 Å². The van der Waals surface area contributed by atoms with Gasteiger partial charge in [-0.25, -0.2) is 9.18 Å². The number of fused-ring (bicyclic) bond motifs is 1. The highest BCUT2D eigenvalue weighted by atomic mass is 19.1. The fraction of sp³-hybridized carbons (Fsp3) is 0.290. The lowest BCUT2D eigenvalue weighted by molar-refractivity contribution is -0.132. The number of aromatic amines is 1. The molecule has 0 aliphatic rings. The van der Waals surface area contributed by atoms with Gasteiger partial charge in [-0.05, 0) is 53.8 Å². The highest BCUT2D eigenvalue weighted by molar-refractivity contribution is 5.93. The van der Waals surface area contributed by atoms with Crippen LogP contribution >= 0.6 is 0 Å². The summed E-state index contributed by atoms with van der Waals surface area (Å²) in [6.07, 6.45) is 3.37. The second-order valence-corrected chi connectivity index (χ2v) is 9.41. The first-order valence-electron chi connectivity index (χ1n) is 13.2. The summed E-state index contributed by atoms with van der Waals surface area (Å²) in [6, 6.07) is 21.4. The zero-order valence-electron chi connectivity index (χ0n) is 22.5. The van der Waals surface area contributed by atoms with E-state index in [0.29, 0.717) is 26.1 Å². The van der Waals surface area contributed by atoms with Crippen LogP contribution in [0.25, 0.3) is 10.9 Å². The van der Waals surface area contributed by atoms with E-state index in [-0.39, 0.29) is 30.8 Å². The second kappa shape index (κ2) is 13.6. The van der Waals surface area contributed by atoms with Crippen LogP contribution in [0.3, 0.4) is 0 Å². The number of hydrogen-bond acceptors (Lipinski definition) is 3. The first kappa shape index (κ1) is 27.9. The molecule has 1 heterocycles. The van der Waals surface area contributed by atoms with Gasteiger partial charge in [-0.2, -0.15) is 0 Å². The Morgan fingerprint density at radius 2 is 1.67 bits per heavy atom. The molecule has 4 rings (SSSR count). The molecule has 204 valence electrons. The number of nitrogens with one attached hydrogen (secondary N) is 2. The van der Waals surface area contributed by atoms with E-state index >= 15 is 0 Å². The molecule has 0 atom stereocenters. The van der Waals surface area contributed by atoms with Gasteiger partial charge in [-0.1, -0.05) is 55.5 Å². The molecule has 0 fully saturated rings. The number of halogens is 1. The fourth-order valence-corrected chi connectivity index (χ4v) is 4.56. The maximum absolute atomic E-state index is 13.7. The maximum atomic E-state index is 13.7. The van der Waals surface area contributed by atoms with Gasteiger partial charge in [0.15, 0.2) is 0 Å². The second-order valence-electron chi connectivity index (χ2n) is 9.41. The van der Waals surface area contributed by atoms with Crippen molar-refractivity contribution in [3.63, 3.8) is 0 Å². The van der Waals surface area contributed by atoms with Crippen LogP contribution in [0.1, 0.15) is 23.6 Å². The highest BCUT2D eigenvalue weighted by Crippen LogP contribution is 2.20. The molecule has 39 heavy (non-hydrogen) atoms. The molecule has 0 saturated carbocycles. The molecule has 0 saturated heterocycles. The predicted octanol–water partition coefficient (Wildman–Crippen LogP) is 5.62. The number of amides is 3. The third-order valence-electron chi connectivity index (χ3n) is 6.78. The van der Waals surface area contributed by atoms with Crippen molar-refractivity contribution in [2.75, 3.05) is 38.7 Å². The molecule has 3 amide bonds. The first-order chi connectivity index (χ1) is 19.0. The van der Waals surface area contributed by atoms with E-state index in [9.17, 15) is 14.0 Å². The van der Waals surface area contributed by atoms with Gasteiger partial charge in [0.1, 0.15) is 12.4 Å². The van der Waals surface area contributed by atoms with Gasteiger partial charge < -0.3 is 24.8 Å². The molecule has 0 aliphatic heterocycles. The number of carbonyl (C=O) groups excluding carboxylic acids is 2. The van der Waals surface area contributed by atoms with Gasteiger partial charge in [0.05, 0.1) is 6.61 Å². The highest BCUT2D eigenvalue weighted by Gasteiger charge is 2.22. The summed E-state index contributed by atoms with van der Waals surface area (Å²) in [7, 11) is 1.56. The van der Waals surface area contributed by atoms with Crippen molar-refractivity contribution in [3.8, 4) is 0 Å². The zero-order valence-corrected chi connectivity index (χ0v) is 22.5. The molecular weight excluding hydrogens is 495 g/mol. The number of para-hydroxylation sites is 2. The third-order valence-corrected chi connectivity index (χ3v) is 6.78. The van der Waals surface area contributed by atoms with Crippen LogP contribution in [0.5, 0.6) is 0 Å². The molecular formula is C31H35FN4O3. The lowest BCUT2D eigenvalue weighted by atomic mass is 10.1. The van der Waals surface area contributed by atoms with Crippen molar-refractivity contribution in [2.24, 2.45) is 0 Å². The maximum Gasteiger partial charge on any atom is 0.322 e. The van der Waals surface area contributed by atoms with E-state index < -0.39 is 0 Å². The standard InChI is InChI=1S/C31H35FN4O3/c1-3-24-8-4-6-10-28(24)34-31(38)36(18-19-39-2)22-30(37)35(21-23-12-14-26(32)15-13-23)17-16-25-20-33-29-11-7-5-9-27(25)29/h4-15,20,33H,3,16-19,21-22H2,1-2H3,(H,34,38). The van der Waals surface area contributed by atoms with Gasteiger partial charge in [0.25, 0.3) is 0 Å². The van der Waals surface area contributed by atoms with Crippen LogP contribution in [0.2, 0.25) is 0 Å². The lowest BCUT2D eigenvalue weighted by Gasteiger charge is -2.28. The molecule has 2 N–H and O–H groups in total. The first-order valence-corrected chi connectivity index (χ1v) is 13.2. The number of rotatable bonds is 12. The molecule has 0 aliphatic carbocycles. The largest absolute Gasteiger partial charge is 0.383 e. The van der Waals surface area contributed by atoms with Gasteiger partial charge >= 0.3 is 6.03 Å². The summed E-state index contributed by atoms with van der Waals surface area (Å²) in [6.45, 7) is 3.21. The number of aryl methyl sites for hydroxylation is 1. The SMILES string of the molecule is CCc1ccccc1NC(=O)N(CCOC)CC(=O)N(CCc1c[nH]c2ccccc12)Cc1ccc(F)cc1. The quantitative estimate of drug-likeness (QED) is 0.250. The summed E-state index contributed by atoms with van der Waals surface area (Å²) in [5.41, 5.74) is 4.70. The number of ether oxygens (including phenoxy) is 1. The summed E-state index contributed by atoms with van der Waals surface area (Å²) >= 11 is 0. The van der Waals surface area contributed by atoms with E-state index in [0.717, 1.165) is 39.7 Å². The van der Waals surface area contributed by atoms with E-state index in [4.69, 9.17) is 4.74 Å². The van der Waals surface area contributed by atoms with Gasteiger partial charge in [-0.3, -0.25) is 4.79 Å². The lowest BCUT2D eigenvalue weighted by Crippen LogP contribution is -2.46. The molecule has 3 aromatic carbocycles. The minimum Gasteiger partial charge on any atom is -0.383 e. The van der Waals surface area contributed by atoms with E-state index in [2.05, 4.69) is 16.4 Å². The minimum atomic E-state index is -0.361. The number of methoxy groups -OCH3 is 1. The molecule has 1 aromatic heterocycles. The van der Waals surface area contributed by atoms with E-state index in [1.807, 2.05) is 55.6 Å². The van der Waals surface area contributed by atoms with Crippen molar-refractivity contribution in [2.45, 2.75) is 26.3 Å². The van der Waals surface area contributed by atoms with Crippen LogP contribution in [0.15, 0.2) is 79.0 Å². The molecule has 4 aromatic rings. The van der Waals surface area contributed by atoms with Gasteiger partial charge in [0, 0.05) is 49.5 Å². The smallest absolute Gasteiger partial charge is 0.322 e. The molecule has 0 bridgehead atoms. The average molecular weight is 531 g/mol. The van der Waals surface area contributed by atoms with Crippen molar-refractivity contribution < 1.29 is 18.7 Å². The Kier molecular flexibility index (Phi) is 9.69. The number of benzene rings is 3. The van der Waals surface area contributed by atoms with Crippen molar-refractivity contribution >= 4 is 28.5 Å². The molecule has 8 heteroatoms. The van der Waals surface area contributed by atoms with Crippen LogP contribution in [-0.2, 0) is 28.9 Å². The normalized spacial score (nSPS) is 10.9. The fourth-order valence-electron chi connectivity index (χ4n) is 4.56. The van der Waals surface area contributed by atoms with Crippen LogP contribution in [0, 0.1) is 5.82 Å². The monoisotopic (exact) mass is 530 g/mol. The topological polar surface area (TPSA) is 77.7 Å². The molecule has 0 unspecified atom stereocenters. The number of urea groups is 1. The molecule has 0 radical (unpaired) electrons. The summed E-state index contributed by atoms with van der Waals surface area (Å²) in [5, 5.41) is 4.07. The zero-order chi connectivity index (χ0) is 27.6. The number of aromatic nitrogens is 1. The number of hydrogen-bond donors (Lipinski definition) is 2. The number of H-pyrrole nitrogens is 1.